The summed E-state index contributed by atoms with van der Waals surface area (Å²) in [5, 5.41) is 4.70. The number of hydrogen-bond donors (Lipinski definition) is 1. The zero-order valence-corrected chi connectivity index (χ0v) is 12.8. The molecule has 5 nitrogen and oxygen atoms in total. The maximum Gasteiger partial charge on any atom is 0.407 e. The van der Waals surface area contributed by atoms with Crippen molar-refractivity contribution >= 4 is 23.3 Å². The highest BCUT2D eigenvalue weighted by atomic mass is 32.1. The molecule has 0 radical (unpaired) electrons. The number of alkyl carbamates (subject to hydrolysis) is 1. The van der Waals surface area contributed by atoms with Crippen LogP contribution in [0, 0.1) is 0 Å². The van der Waals surface area contributed by atoms with Crippen LogP contribution in [-0.4, -0.2) is 41.6 Å². The molecule has 20 heavy (non-hydrogen) atoms. The highest BCUT2D eigenvalue weighted by molar-refractivity contribution is 7.12. The number of hydrogen-bond acceptors (Lipinski definition) is 4. The Kier molecular flexibility index (Phi) is 4.32. The average Bonchev–Trinajstić information content (AvgIpc) is 2.95. The highest BCUT2D eigenvalue weighted by Gasteiger charge is 2.29. The summed E-state index contributed by atoms with van der Waals surface area (Å²) in [6.07, 6.45) is 0.337. The largest absolute Gasteiger partial charge is 0.444 e. The minimum atomic E-state index is -0.505. The third-order valence-electron chi connectivity index (χ3n) is 2.93. The Hall–Kier alpha value is -1.56. The Morgan fingerprint density at radius 3 is 2.80 bits per heavy atom. The molecule has 0 bridgehead atoms. The summed E-state index contributed by atoms with van der Waals surface area (Å²) in [4.78, 5) is 26.4. The van der Waals surface area contributed by atoms with Crippen LogP contribution in [0.1, 0.15) is 36.9 Å². The van der Waals surface area contributed by atoms with Crippen molar-refractivity contribution in [1.82, 2.24) is 10.2 Å². The number of carbonyl (C=O) groups excluding carboxylic acids is 2. The van der Waals surface area contributed by atoms with Crippen LogP contribution in [0.5, 0.6) is 0 Å². The number of thiophene rings is 1. The van der Waals surface area contributed by atoms with Crippen molar-refractivity contribution in [2.75, 3.05) is 13.1 Å². The molecule has 110 valence electrons. The van der Waals surface area contributed by atoms with Gasteiger partial charge in [0, 0.05) is 13.1 Å². The molecule has 0 aromatic carbocycles. The number of ether oxygens (including phenoxy) is 1. The van der Waals surface area contributed by atoms with Crippen molar-refractivity contribution < 1.29 is 14.3 Å². The van der Waals surface area contributed by atoms with Crippen molar-refractivity contribution in [3.63, 3.8) is 0 Å². The first-order valence-corrected chi connectivity index (χ1v) is 7.55. The average molecular weight is 296 g/mol. The molecular weight excluding hydrogens is 276 g/mol. The maximum absolute atomic E-state index is 12.2. The van der Waals surface area contributed by atoms with Crippen molar-refractivity contribution in [3.8, 4) is 0 Å². The van der Waals surface area contributed by atoms with E-state index in [2.05, 4.69) is 5.32 Å². The minimum Gasteiger partial charge on any atom is -0.444 e. The topological polar surface area (TPSA) is 58.6 Å². The van der Waals surface area contributed by atoms with Gasteiger partial charge in [-0.2, -0.15) is 0 Å². The van der Waals surface area contributed by atoms with E-state index in [0.29, 0.717) is 13.1 Å². The van der Waals surface area contributed by atoms with Gasteiger partial charge >= 0.3 is 6.09 Å². The van der Waals surface area contributed by atoms with Crippen LogP contribution in [0.4, 0.5) is 4.79 Å². The summed E-state index contributed by atoms with van der Waals surface area (Å²) in [6, 6.07) is 3.65. The number of nitrogens with one attached hydrogen (secondary N) is 1. The van der Waals surface area contributed by atoms with E-state index < -0.39 is 11.7 Å². The van der Waals surface area contributed by atoms with Gasteiger partial charge in [0.05, 0.1) is 10.9 Å². The summed E-state index contributed by atoms with van der Waals surface area (Å²) >= 11 is 1.44. The van der Waals surface area contributed by atoms with Crippen LogP contribution in [0.2, 0.25) is 0 Å². The zero-order valence-electron chi connectivity index (χ0n) is 12.0. The number of amides is 2. The Labute approximate surface area is 122 Å². The van der Waals surface area contributed by atoms with Crippen molar-refractivity contribution in [2.24, 2.45) is 0 Å². The monoisotopic (exact) mass is 296 g/mol. The van der Waals surface area contributed by atoms with Crippen LogP contribution < -0.4 is 5.32 Å². The molecule has 0 saturated carbocycles. The van der Waals surface area contributed by atoms with E-state index in [-0.39, 0.29) is 11.9 Å². The molecule has 1 aromatic rings. The highest BCUT2D eigenvalue weighted by Crippen LogP contribution is 2.17. The molecule has 1 aliphatic heterocycles. The molecule has 0 aliphatic carbocycles. The van der Waals surface area contributed by atoms with E-state index in [1.54, 1.807) is 4.90 Å². The molecule has 1 saturated heterocycles. The van der Waals surface area contributed by atoms with Gasteiger partial charge in [-0.25, -0.2) is 4.79 Å². The lowest BCUT2D eigenvalue weighted by Crippen LogP contribution is -2.41. The van der Waals surface area contributed by atoms with Crippen molar-refractivity contribution in [2.45, 2.75) is 38.8 Å². The Morgan fingerprint density at radius 1 is 1.45 bits per heavy atom. The first kappa shape index (κ1) is 14.8. The van der Waals surface area contributed by atoms with E-state index in [1.807, 2.05) is 38.3 Å². The normalized spacial score (nSPS) is 18.9. The van der Waals surface area contributed by atoms with E-state index in [4.69, 9.17) is 4.74 Å². The summed E-state index contributed by atoms with van der Waals surface area (Å²) in [5.74, 6) is 0.0356. The van der Waals surface area contributed by atoms with Gasteiger partial charge in [-0.1, -0.05) is 6.07 Å². The van der Waals surface area contributed by atoms with Crippen LogP contribution in [0.3, 0.4) is 0 Å². The molecule has 0 spiro atoms. The van der Waals surface area contributed by atoms with E-state index in [9.17, 15) is 9.59 Å². The molecule has 2 amide bonds. The molecule has 2 heterocycles. The van der Waals surface area contributed by atoms with Gasteiger partial charge in [0.2, 0.25) is 0 Å². The molecule has 6 heteroatoms. The van der Waals surface area contributed by atoms with Gasteiger partial charge in [0.25, 0.3) is 5.91 Å². The second-order valence-corrected chi connectivity index (χ2v) is 6.81. The third kappa shape index (κ3) is 3.96. The molecule has 1 aromatic heterocycles. The summed E-state index contributed by atoms with van der Waals surface area (Å²) in [7, 11) is 0. The number of likely N-dealkylation sites (tertiary alicyclic amines) is 1. The molecular formula is C14H20N2O3S. The molecule has 1 N–H and O–H groups in total. The quantitative estimate of drug-likeness (QED) is 0.912. The number of carbonyl (C=O) groups is 2. The van der Waals surface area contributed by atoms with Crippen molar-refractivity contribution in [1.29, 1.82) is 0 Å². The standard InChI is InChI=1S/C14H20N2O3S/c1-14(2,3)19-13(18)15-10-6-7-16(9-10)12(17)11-5-4-8-20-11/h4-5,8,10H,6-7,9H2,1-3H3,(H,15,18)/t10-/m0/s1. The van der Waals surface area contributed by atoms with Crippen LogP contribution in [0.25, 0.3) is 0 Å². The van der Waals surface area contributed by atoms with Crippen LogP contribution in [0.15, 0.2) is 17.5 Å². The van der Waals surface area contributed by atoms with E-state index in [0.717, 1.165) is 11.3 Å². The number of nitrogens with zero attached hydrogens (tertiary/aromatic N) is 1. The Bertz CT molecular complexity index is 479. The van der Waals surface area contributed by atoms with Gasteiger partial charge in [0.15, 0.2) is 0 Å². The summed E-state index contributed by atoms with van der Waals surface area (Å²) in [6.45, 7) is 6.68. The first-order chi connectivity index (χ1) is 9.35. The van der Waals surface area contributed by atoms with E-state index in [1.165, 1.54) is 11.3 Å². The van der Waals surface area contributed by atoms with Gasteiger partial charge in [-0.05, 0) is 38.6 Å². The molecule has 2 rings (SSSR count). The van der Waals surface area contributed by atoms with Gasteiger partial charge in [-0.15, -0.1) is 11.3 Å². The predicted octanol–water partition coefficient (Wildman–Crippen LogP) is 2.49. The lowest BCUT2D eigenvalue weighted by Gasteiger charge is -2.22. The van der Waals surface area contributed by atoms with Gasteiger partial charge in [-0.3, -0.25) is 4.79 Å². The lowest BCUT2D eigenvalue weighted by molar-refractivity contribution is 0.0502. The first-order valence-electron chi connectivity index (χ1n) is 6.67. The van der Waals surface area contributed by atoms with Crippen molar-refractivity contribution in [3.05, 3.63) is 22.4 Å². The summed E-state index contributed by atoms with van der Waals surface area (Å²) in [5.41, 5.74) is -0.505. The Balaban J connectivity index is 1.84. The fourth-order valence-corrected chi connectivity index (χ4v) is 2.78. The van der Waals surface area contributed by atoms with Crippen LogP contribution in [-0.2, 0) is 4.74 Å². The van der Waals surface area contributed by atoms with Crippen LogP contribution >= 0.6 is 11.3 Å². The second-order valence-electron chi connectivity index (χ2n) is 5.86. The third-order valence-corrected chi connectivity index (χ3v) is 3.79. The summed E-state index contributed by atoms with van der Waals surface area (Å²) < 4.78 is 5.22. The van der Waals surface area contributed by atoms with E-state index >= 15 is 0 Å². The van der Waals surface area contributed by atoms with Gasteiger partial charge < -0.3 is 15.0 Å². The minimum absolute atomic E-state index is 0.0336. The zero-order chi connectivity index (χ0) is 14.8. The SMILES string of the molecule is CC(C)(C)OC(=O)N[C@H]1CCN(C(=O)c2cccs2)C1. The fourth-order valence-electron chi connectivity index (χ4n) is 2.09. The predicted molar refractivity (Wildman–Crippen MR) is 78.0 cm³/mol. The molecule has 1 aliphatic rings. The fraction of sp³-hybridized carbons (Fsp3) is 0.571. The smallest absolute Gasteiger partial charge is 0.407 e. The Morgan fingerprint density at radius 2 is 2.20 bits per heavy atom. The molecule has 0 unspecified atom stereocenters. The molecule has 1 fully saturated rings. The second kappa shape index (κ2) is 5.83. The lowest BCUT2D eigenvalue weighted by atomic mass is 10.2. The maximum atomic E-state index is 12.2. The number of rotatable bonds is 2. The van der Waals surface area contributed by atoms with Gasteiger partial charge in [0.1, 0.15) is 5.60 Å². The molecule has 1 atom stereocenters.